The molecule has 1 heterocycles. The van der Waals surface area contributed by atoms with Crippen LogP contribution in [-0.4, -0.2) is 37.8 Å². The molecule has 2 aromatic rings. The van der Waals surface area contributed by atoms with Gasteiger partial charge in [-0.15, -0.1) is 0 Å². The molecule has 0 aliphatic carbocycles. The van der Waals surface area contributed by atoms with Crippen LogP contribution in [-0.2, 0) is 20.8 Å². The quantitative estimate of drug-likeness (QED) is 0.684. The van der Waals surface area contributed by atoms with E-state index >= 15 is 0 Å². The van der Waals surface area contributed by atoms with Crippen molar-refractivity contribution in [2.75, 3.05) is 19.8 Å². The van der Waals surface area contributed by atoms with Gasteiger partial charge >= 0.3 is 5.97 Å². The topological polar surface area (TPSA) is 73.9 Å². The molecular weight excluding hydrogens is 382 g/mol. The monoisotopic (exact) mass is 403 g/mol. The SMILES string of the molecule is O=C(COC(=O)c1ccc(OC[C@H]2CCCO2)cc1)NCc1ccc(Cl)cc1. The second kappa shape index (κ2) is 10.1. The third kappa shape index (κ3) is 6.25. The summed E-state index contributed by atoms with van der Waals surface area (Å²) in [6, 6.07) is 13.7. The number of rotatable bonds is 8. The lowest BCUT2D eigenvalue weighted by molar-refractivity contribution is -0.124. The summed E-state index contributed by atoms with van der Waals surface area (Å²) >= 11 is 5.82. The van der Waals surface area contributed by atoms with Gasteiger partial charge in [0.25, 0.3) is 5.91 Å². The minimum Gasteiger partial charge on any atom is -0.491 e. The van der Waals surface area contributed by atoms with Gasteiger partial charge in [-0.05, 0) is 54.8 Å². The minimum absolute atomic E-state index is 0.135. The molecule has 6 nitrogen and oxygen atoms in total. The zero-order chi connectivity index (χ0) is 19.8. The molecule has 148 valence electrons. The zero-order valence-electron chi connectivity index (χ0n) is 15.4. The first-order valence-electron chi connectivity index (χ1n) is 9.13. The van der Waals surface area contributed by atoms with Crippen molar-refractivity contribution in [2.24, 2.45) is 0 Å². The van der Waals surface area contributed by atoms with E-state index in [0.717, 1.165) is 25.0 Å². The smallest absolute Gasteiger partial charge is 0.338 e. The first-order chi connectivity index (χ1) is 13.6. The normalized spacial score (nSPS) is 15.8. The van der Waals surface area contributed by atoms with Crippen LogP contribution in [0.1, 0.15) is 28.8 Å². The van der Waals surface area contributed by atoms with Gasteiger partial charge in [-0.1, -0.05) is 23.7 Å². The average Bonchev–Trinajstić information content (AvgIpc) is 3.24. The van der Waals surface area contributed by atoms with Crippen LogP contribution in [0.2, 0.25) is 5.02 Å². The Morgan fingerprint density at radius 1 is 1.11 bits per heavy atom. The predicted octanol–water partition coefficient (Wildman–Crippen LogP) is 3.37. The summed E-state index contributed by atoms with van der Waals surface area (Å²) in [4.78, 5) is 23.9. The van der Waals surface area contributed by atoms with E-state index in [1.54, 1.807) is 36.4 Å². The molecule has 1 fully saturated rings. The number of esters is 1. The number of nitrogens with one attached hydrogen (secondary N) is 1. The van der Waals surface area contributed by atoms with Crippen molar-refractivity contribution >= 4 is 23.5 Å². The number of amides is 1. The molecule has 1 atom stereocenters. The van der Waals surface area contributed by atoms with Gasteiger partial charge in [0.05, 0.1) is 11.7 Å². The molecular formula is C21H22ClNO5. The summed E-state index contributed by atoms with van der Waals surface area (Å²) in [5, 5.41) is 3.32. The lowest BCUT2D eigenvalue weighted by Gasteiger charge is -2.11. The van der Waals surface area contributed by atoms with Gasteiger partial charge in [-0.3, -0.25) is 4.79 Å². The minimum atomic E-state index is -0.563. The van der Waals surface area contributed by atoms with Crippen molar-refractivity contribution in [1.82, 2.24) is 5.32 Å². The molecule has 1 aliphatic heterocycles. The Morgan fingerprint density at radius 2 is 1.86 bits per heavy atom. The molecule has 7 heteroatoms. The van der Waals surface area contributed by atoms with Crippen LogP contribution in [0, 0.1) is 0 Å². The van der Waals surface area contributed by atoms with E-state index in [9.17, 15) is 9.59 Å². The number of hydrogen-bond donors (Lipinski definition) is 1. The van der Waals surface area contributed by atoms with E-state index in [2.05, 4.69) is 5.32 Å². The van der Waals surface area contributed by atoms with Crippen molar-refractivity contribution in [2.45, 2.75) is 25.5 Å². The number of benzene rings is 2. The lowest BCUT2D eigenvalue weighted by Crippen LogP contribution is -2.28. The number of halogens is 1. The van der Waals surface area contributed by atoms with Gasteiger partial charge in [0.2, 0.25) is 0 Å². The molecule has 1 amide bonds. The third-order valence-corrected chi connectivity index (χ3v) is 4.54. The average molecular weight is 404 g/mol. The molecule has 1 aliphatic rings. The van der Waals surface area contributed by atoms with Gasteiger partial charge in [-0.2, -0.15) is 0 Å². The highest BCUT2D eigenvalue weighted by molar-refractivity contribution is 6.30. The van der Waals surface area contributed by atoms with Crippen molar-refractivity contribution in [3.8, 4) is 5.75 Å². The number of carbonyl (C=O) groups is 2. The summed E-state index contributed by atoms with van der Waals surface area (Å²) in [7, 11) is 0. The van der Waals surface area contributed by atoms with E-state index in [1.807, 2.05) is 12.1 Å². The number of ether oxygens (including phenoxy) is 3. The highest BCUT2D eigenvalue weighted by Crippen LogP contribution is 2.17. The van der Waals surface area contributed by atoms with E-state index in [-0.39, 0.29) is 18.6 Å². The second-order valence-electron chi connectivity index (χ2n) is 6.45. The zero-order valence-corrected chi connectivity index (χ0v) is 16.1. The van der Waals surface area contributed by atoms with Gasteiger partial charge < -0.3 is 19.5 Å². The highest BCUT2D eigenvalue weighted by Gasteiger charge is 2.16. The fourth-order valence-corrected chi connectivity index (χ4v) is 2.85. The maximum absolute atomic E-state index is 12.1. The molecule has 3 rings (SSSR count). The summed E-state index contributed by atoms with van der Waals surface area (Å²) < 4.78 is 16.2. The Morgan fingerprint density at radius 3 is 2.54 bits per heavy atom. The van der Waals surface area contributed by atoms with Crippen molar-refractivity contribution < 1.29 is 23.8 Å². The van der Waals surface area contributed by atoms with E-state index in [1.165, 1.54) is 0 Å². The van der Waals surface area contributed by atoms with Crippen LogP contribution in [0.3, 0.4) is 0 Å². The molecule has 0 saturated carbocycles. The molecule has 0 bridgehead atoms. The summed E-state index contributed by atoms with van der Waals surface area (Å²) in [6.07, 6.45) is 2.20. The van der Waals surface area contributed by atoms with Crippen LogP contribution < -0.4 is 10.1 Å². The fraction of sp³-hybridized carbons (Fsp3) is 0.333. The molecule has 2 aromatic carbocycles. The third-order valence-electron chi connectivity index (χ3n) is 4.29. The van der Waals surface area contributed by atoms with Crippen molar-refractivity contribution in [1.29, 1.82) is 0 Å². The predicted molar refractivity (Wildman–Crippen MR) is 104 cm³/mol. The standard InChI is InChI=1S/C21H22ClNO5/c22-17-7-3-15(4-8-17)12-23-20(24)14-28-21(25)16-5-9-18(10-6-16)27-13-19-2-1-11-26-19/h3-10,19H,1-2,11-14H2,(H,23,24)/t19-/m1/s1. The molecule has 0 spiro atoms. The van der Waals surface area contributed by atoms with Gasteiger partial charge in [0, 0.05) is 18.2 Å². The van der Waals surface area contributed by atoms with Crippen LogP contribution in [0.15, 0.2) is 48.5 Å². The Labute approximate surface area is 168 Å². The maximum Gasteiger partial charge on any atom is 0.338 e. The van der Waals surface area contributed by atoms with Gasteiger partial charge in [-0.25, -0.2) is 4.79 Å². The lowest BCUT2D eigenvalue weighted by atomic mass is 10.2. The largest absolute Gasteiger partial charge is 0.491 e. The number of carbonyl (C=O) groups excluding carboxylic acids is 2. The van der Waals surface area contributed by atoms with Crippen molar-refractivity contribution in [3.63, 3.8) is 0 Å². The molecule has 0 unspecified atom stereocenters. The van der Waals surface area contributed by atoms with E-state index in [4.69, 9.17) is 25.8 Å². The van der Waals surface area contributed by atoms with E-state index < -0.39 is 5.97 Å². The summed E-state index contributed by atoms with van der Waals surface area (Å²) in [6.45, 7) is 1.28. The number of hydrogen-bond acceptors (Lipinski definition) is 5. The summed E-state index contributed by atoms with van der Waals surface area (Å²) in [5.41, 5.74) is 1.26. The Bertz CT molecular complexity index is 785. The van der Waals surface area contributed by atoms with E-state index in [0.29, 0.717) is 29.5 Å². The Kier molecular flexibility index (Phi) is 7.28. The Balaban J connectivity index is 1.38. The molecule has 1 N–H and O–H groups in total. The van der Waals surface area contributed by atoms with Crippen LogP contribution in [0.25, 0.3) is 0 Å². The highest BCUT2D eigenvalue weighted by atomic mass is 35.5. The Hall–Kier alpha value is -2.57. The first-order valence-corrected chi connectivity index (χ1v) is 9.51. The van der Waals surface area contributed by atoms with Crippen LogP contribution >= 0.6 is 11.6 Å². The second-order valence-corrected chi connectivity index (χ2v) is 6.89. The van der Waals surface area contributed by atoms with Gasteiger partial charge in [0.15, 0.2) is 6.61 Å². The van der Waals surface area contributed by atoms with Crippen molar-refractivity contribution in [3.05, 3.63) is 64.7 Å². The molecule has 0 radical (unpaired) electrons. The van der Waals surface area contributed by atoms with Gasteiger partial charge in [0.1, 0.15) is 12.4 Å². The molecule has 0 aromatic heterocycles. The molecule has 1 saturated heterocycles. The fourth-order valence-electron chi connectivity index (χ4n) is 2.72. The summed E-state index contributed by atoms with van der Waals surface area (Å²) in [5.74, 6) is -0.278. The van der Waals surface area contributed by atoms with Crippen LogP contribution in [0.4, 0.5) is 0 Å². The van der Waals surface area contributed by atoms with Crippen LogP contribution in [0.5, 0.6) is 5.75 Å². The molecule has 28 heavy (non-hydrogen) atoms. The first kappa shape index (κ1) is 20.2. The maximum atomic E-state index is 12.1.